The fourth-order valence-electron chi connectivity index (χ4n) is 2.28. The van der Waals surface area contributed by atoms with E-state index < -0.39 is 0 Å². The van der Waals surface area contributed by atoms with Crippen molar-refractivity contribution in [2.24, 2.45) is 0 Å². The lowest BCUT2D eigenvalue weighted by molar-refractivity contribution is 0.627. The summed E-state index contributed by atoms with van der Waals surface area (Å²) in [5.74, 6) is -0.535. The number of pyridine rings is 1. The summed E-state index contributed by atoms with van der Waals surface area (Å²) < 4.78 is 26.1. The van der Waals surface area contributed by atoms with Crippen LogP contribution in [0.1, 0.15) is 5.56 Å². The summed E-state index contributed by atoms with van der Waals surface area (Å²) in [6, 6.07) is 14.6. The maximum absolute atomic E-state index is 13.0. The Morgan fingerprint density at radius 1 is 0.773 bits per heavy atom. The van der Waals surface area contributed by atoms with Crippen molar-refractivity contribution in [1.82, 2.24) is 4.98 Å². The van der Waals surface area contributed by atoms with Gasteiger partial charge in [0.1, 0.15) is 11.6 Å². The fourth-order valence-corrected chi connectivity index (χ4v) is 2.71. The van der Waals surface area contributed by atoms with Gasteiger partial charge in [-0.3, -0.25) is 4.98 Å². The summed E-state index contributed by atoms with van der Waals surface area (Å²) in [4.78, 5) is 4.50. The first-order valence-electron chi connectivity index (χ1n) is 6.74. The molecule has 0 fully saturated rings. The number of aromatic nitrogens is 1. The minimum absolute atomic E-state index is 0.264. The van der Waals surface area contributed by atoms with E-state index in [1.165, 1.54) is 24.3 Å². The van der Waals surface area contributed by atoms with Gasteiger partial charge in [-0.2, -0.15) is 0 Å². The van der Waals surface area contributed by atoms with E-state index in [2.05, 4.69) is 20.9 Å². The lowest BCUT2D eigenvalue weighted by Crippen LogP contribution is -1.93. The predicted octanol–water partition coefficient (Wildman–Crippen LogP) is 5.59. The molecule has 3 aromatic rings. The van der Waals surface area contributed by atoms with E-state index >= 15 is 0 Å². The average Bonchev–Trinajstić information content (AvgIpc) is 2.56. The normalized spacial score (nSPS) is 10.7. The van der Waals surface area contributed by atoms with Gasteiger partial charge in [-0.1, -0.05) is 28.1 Å². The summed E-state index contributed by atoms with van der Waals surface area (Å²) in [6.45, 7) is 0. The highest BCUT2D eigenvalue weighted by Gasteiger charge is 2.09. The van der Waals surface area contributed by atoms with Gasteiger partial charge >= 0.3 is 0 Å². The molecule has 1 aromatic heterocycles. The third-order valence-corrected chi connectivity index (χ3v) is 4.01. The van der Waals surface area contributed by atoms with Gasteiger partial charge in [0.05, 0.1) is 5.69 Å². The molecule has 2 aromatic carbocycles. The van der Waals surface area contributed by atoms with E-state index in [4.69, 9.17) is 0 Å². The van der Waals surface area contributed by atoms with Crippen LogP contribution in [0.2, 0.25) is 0 Å². The number of hydrogen-bond donors (Lipinski definition) is 0. The first-order valence-corrected chi connectivity index (χ1v) is 7.86. The minimum Gasteiger partial charge on any atom is -0.255 e. The number of alkyl halides is 1. The Bertz CT molecular complexity index is 783. The molecule has 1 heterocycles. The van der Waals surface area contributed by atoms with Crippen molar-refractivity contribution in [3.8, 4) is 22.4 Å². The summed E-state index contributed by atoms with van der Waals surface area (Å²) in [5, 5.41) is 0.627. The van der Waals surface area contributed by atoms with Gasteiger partial charge in [0.25, 0.3) is 0 Å². The van der Waals surface area contributed by atoms with Crippen molar-refractivity contribution in [3.63, 3.8) is 0 Å². The molecule has 0 radical (unpaired) electrons. The number of halogens is 3. The van der Waals surface area contributed by atoms with Gasteiger partial charge in [-0.05, 0) is 53.6 Å². The molecular formula is C18H12BrF2N. The van der Waals surface area contributed by atoms with Crippen LogP contribution < -0.4 is 0 Å². The van der Waals surface area contributed by atoms with E-state index in [9.17, 15) is 8.78 Å². The van der Waals surface area contributed by atoms with Crippen molar-refractivity contribution in [1.29, 1.82) is 0 Å². The Morgan fingerprint density at radius 2 is 1.32 bits per heavy atom. The van der Waals surface area contributed by atoms with Crippen LogP contribution in [0.3, 0.4) is 0 Å². The summed E-state index contributed by atoms with van der Waals surface area (Å²) in [6.07, 6.45) is 1.75. The van der Waals surface area contributed by atoms with E-state index in [0.29, 0.717) is 5.33 Å². The summed E-state index contributed by atoms with van der Waals surface area (Å²) >= 11 is 3.46. The van der Waals surface area contributed by atoms with Gasteiger partial charge in [0, 0.05) is 22.7 Å². The summed E-state index contributed by atoms with van der Waals surface area (Å²) in [7, 11) is 0. The lowest BCUT2D eigenvalue weighted by Gasteiger charge is -2.10. The first kappa shape index (κ1) is 14.9. The van der Waals surface area contributed by atoms with Crippen molar-refractivity contribution >= 4 is 15.9 Å². The van der Waals surface area contributed by atoms with Crippen LogP contribution in [0, 0.1) is 11.6 Å². The van der Waals surface area contributed by atoms with Crippen molar-refractivity contribution in [2.75, 3.05) is 0 Å². The Kier molecular flexibility index (Phi) is 4.29. The number of hydrogen-bond acceptors (Lipinski definition) is 1. The second-order valence-corrected chi connectivity index (χ2v) is 5.44. The molecule has 0 saturated carbocycles. The molecule has 110 valence electrons. The first-order chi connectivity index (χ1) is 10.7. The molecule has 0 bridgehead atoms. The SMILES string of the molecule is Fc1ccc(-c2cnc(-c3ccc(F)cc3)c(CBr)c2)cc1. The topological polar surface area (TPSA) is 12.9 Å². The molecule has 22 heavy (non-hydrogen) atoms. The molecule has 4 heteroatoms. The molecular weight excluding hydrogens is 348 g/mol. The molecule has 0 saturated heterocycles. The predicted molar refractivity (Wildman–Crippen MR) is 87.7 cm³/mol. The van der Waals surface area contributed by atoms with Gasteiger partial charge in [0.15, 0.2) is 0 Å². The number of rotatable bonds is 3. The van der Waals surface area contributed by atoms with Gasteiger partial charge in [-0.15, -0.1) is 0 Å². The number of nitrogens with zero attached hydrogens (tertiary/aromatic N) is 1. The molecule has 0 unspecified atom stereocenters. The third kappa shape index (κ3) is 3.07. The van der Waals surface area contributed by atoms with Crippen LogP contribution in [-0.4, -0.2) is 4.98 Å². The highest BCUT2D eigenvalue weighted by Crippen LogP contribution is 2.28. The lowest BCUT2D eigenvalue weighted by atomic mass is 10.0. The third-order valence-electron chi connectivity index (χ3n) is 3.41. The van der Waals surface area contributed by atoms with Crippen LogP contribution in [0.15, 0.2) is 60.8 Å². The molecule has 0 N–H and O–H groups in total. The van der Waals surface area contributed by atoms with E-state index in [-0.39, 0.29) is 11.6 Å². The highest BCUT2D eigenvalue weighted by molar-refractivity contribution is 9.08. The zero-order valence-corrected chi connectivity index (χ0v) is 13.1. The smallest absolute Gasteiger partial charge is 0.123 e. The maximum Gasteiger partial charge on any atom is 0.123 e. The highest BCUT2D eigenvalue weighted by atomic mass is 79.9. The standard InChI is InChI=1S/C18H12BrF2N/c19-10-14-9-15(12-1-5-16(20)6-2-12)11-22-18(14)13-3-7-17(21)8-4-13/h1-9,11H,10H2. The van der Waals surface area contributed by atoms with Crippen LogP contribution in [0.5, 0.6) is 0 Å². The van der Waals surface area contributed by atoms with E-state index in [1.54, 1.807) is 30.5 Å². The van der Waals surface area contributed by atoms with Crippen molar-refractivity contribution in [3.05, 3.63) is 78.0 Å². The maximum atomic E-state index is 13.0. The summed E-state index contributed by atoms with van der Waals surface area (Å²) in [5.41, 5.74) is 4.49. The molecule has 1 nitrogen and oxygen atoms in total. The van der Waals surface area contributed by atoms with Crippen molar-refractivity contribution < 1.29 is 8.78 Å². The zero-order chi connectivity index (χ0) is 15.5. The second kappa shape index (κ2) is 6.36. The molecule has 3 rings (SSSR count). The van der Waals surface area contributed by atoms with Crippen molar-refractivity contribution in [2.45, 2.75) is 5.33 Å². The minimum atomic E-state index is -0.271. The molecule has 0 aliphatic heterocycles. The Balaban J connectivity index is 2.04. The van der Waals surface area contributed by atoms with Gasteiger partial charge in [-0.25, -0.2) is 8.78 Å². The number of benzene rings is 2. The monoisotopic (exact) mass is 359 g/mol. The molecule has 0 atom stereocenters. The molecule has 0 spiro atoms. The van der Waals surface area contributed by atoms with Crippen LogP contribution in [0.4, 0.5) is 8.78 Å². The average molecular weight is 360 g/mol. The van der Waals surface area contributed by atoms with Crippen LogP contribution >= 0.6 is 15.9 Å². The Labute approximate surface area is 135 Å². The molecule has 0 aliphatic carbocycles. The second-order valence-electron chi connectivity index (χ2n) is 4.88. The van der Waals surface area contributed by atoms with E-state index in [1.807, 2.05) is 6.07 Å². The largest absolute Gasteiger partial charge is 0.255 e. The molecule has 0 amide bonds. The Hall–Kier alpha value is -2.07. The van der Waals surface area contributed by atoms with E-state index in [0.717, 1.165) is 27.9 Å². The quantitative estimate of drug-likeness (QED) is 0.555. The molecule has 0 aliphatic rings. The zero-order valence-electron chi connectivity index (χ0n) is 11.6. The van der Waals surface area contributed by atoms with Crippen LogP contribution in [0.25, 0.3) is 22.4 Å². The fraction of sp³-hybridized carbons (Fsp3) is 0.0556. The van der Waals surface area contributed by atoms with Crippen LogP contribution in [-0.2, 0) is 5.33 Å². The van der Waals surface area contributed by atoms with Gasteiger partial charge < -0.3 is 0 Å². The Morgan fingerprint density at radius 3 is 1.86 bits per heavy atom. The van der Waals surface area contributed by atoms with Gasteiger partial charge in [0.2, 0.25) is 0 Å².